The van der Waals surface area contributed by atoms with E-state index in [1.807, 2.05) is 37.3 Å². The van der Waals surface area contributed by atoms with Gasteiger partial charge in [0.25, 0.3) is 0 Å². The van der Waals surface area contributed by atoms with Crippen LogP contribution in [0.25, 0.3) is 0 Å². The number of carbonyl (C=O) groups excluding carboxylic acids is 1. The molecule has 11 heteroatoms. The maximum Gasteiger partial charge on any atom is 0.407 e. The number of benzene rings is 3. The molecule has 2 fully saturated rings. The van der Waals surface area contributed by atoms with Crippen molar-refractivity contribution in [2.24, 2.45) is 11.8 Å². The van der Waals surface area contributed by atoms with Crippen LogP contribution < -0.4 is 14.8 Å². The highest BCUT2D eigenvalue weighted by Gasteiger charge is 2.40. The lowest BCUT2D eigenvalue weighted by molar-refractivity contribution is -0.128. The monoisotopic (exact) mass is 684 g/mol. The van der Waals surface area contributed by atoms with Crippen LogP contribution in [0.4, 0.5) is 4.79 Å². The van der Waals surface area contributed by atoms with Crippen LogP contribution in [0.1, 0.15) is 59.9 Å². The molecule has 1 saturated carbocycles. The number of methoxy groups -OCH3 is 1. The number of aryl methyl sites for hydroxylation is 2. The van der Waals surface area contributed by atoms with Crippen molar-refractivity contribution < 1.29 is 34.0 Å². The van der Waals surface area contributed by atoms with Crippen molar-refractivity contribution in [3.8, 4) is 17.2 Å². The van der Waals surface area contributed by atoms with Crippen LogP contribution in [0.3, 0.4) is 0 Å². The van der Waals surface area contributed by atoms with Crippen molar-refractivity contribution in [1.29, 1.82) is 0 Å². The van der Waals surface area contributed by atoms with Gasteiger partial charge >= 0.3 is 6.09 Å². The molecule has 252 valence electrons. The molecule has 5 rings (SSSR count). The molecule has 2 amide bonds. The third-order valence-corrected chi connectivity index (χ3v) is 9.40. The fraction of sp³-hybridized carbons (Fsp3) is 0.444. The Morgan fingerprint density at radius 1 is 0.979 bits per heavy atom. The summed E-state index contributed by atoms with van der Waals surface area (Å²) in [5, 5.41) is 24.4. The summed E-state index contributed by atoms with van der Waals surface area (Å²) in [7, 11) is 1.66. The van der Waals surface area contributed by atoms with Gasteiger partial charge in [0, 0.05) is 26.8 Å². The van der Waals surface area contributed by atoms with E-state index in [0.29, 0.717) is 41.1 Å². The number of likely N-dealkylation sites (tertiary alicyclic amines) is 1. The summed E-state index contributed by atoms with van der Waals surface area (Å²) in [6.45, 7) is 3.49. The van der Waals surface area contributed by atoms with E-state index in [2.05, 4.69) is 5.32 Å². The second-order valence-corrected chi connectivity index (χ2v) is 13.2. The summed E-state index contributed by atoms with van der Waals surface area (Å²) in [6.07, 6.45) is 3.01. The predicted molar refractivity (Wildman–Crippen MR) is 181 cm³/mol. The first-order chi connectivity index (χ1) is 22.6. The van der Waals surface area contributed by atoms with E-state index in [0.717, 1.165) is 47.9 Å². The number of rotatable bonds is 14. The highest BCUT2D eigenvalue weighted by atomic mass is 35.5. The molecule has 3 aromatic carbocycles. The van der Waals surface area contributed by atoms with Crippen molar-refractivity contribution in [2.45, 2.75) is 51.0 Å². The van der Waals surface area contributed by atoms with Crippen molar-refractivity contribution in [3.63, 3.8) is 0 Å². The van der Waals surface area contributed by atoms with Crippen LogP contribution in [-0.2, 0) is 16.0 Å². The number of nitrogens with zero attached hydrogens (tertiary/aromatic N) is 1. The van der Waals surface area contributed by atoms with Gasteiger partial charge in [0.05, 0.1) is 22.0 Å². The Kier molecular flexibility index (Phi) is 11.8. The number of amides is 2. The number of piperidine rings is 1. The smallest absolute Gasteiger partial charge is 0.407 e. The maximum atomic E-state index is 14.0. The van der Waals surface area contributed by atoms with Crippen molar-refractivity contribution in [2.75, 3.05) is 40.0 Å². The minimum Gasteiger partial charge on any atom is -0.508 e. The van der Waals surface area contributed by atoms with Crippen LogP contribution >= 0.6 is 23.2 Å². The van der Waals surface area contributed by atoms with E-state index < -0.39 is 12.0 Å². The predicted octanol–water partition coefficient (Wildman–Crippen LogP) is 7.40. The first-order valence-corrected chi connectivity index (χ1v) is 16.8. The van der Waals surface area contributed by atoms with E-state index >= 15 is 0 Å². The summed E-state index contributed by atoms with van der Waals surface area (Å²) in [4.78, 5) is 27.3. The molecule has 47 heavy (non-hydrogen) atoms. The fourth-order valence-electron chi connectivity index (χ4n) is 6.34. The van der Waals surface area contributed by atoms with Crippen LogP contribution in [0.5, 0.6) is 17.2 Å². The number of halogens is 2. The second-order valence-electron chi connectivity index (χ2n) is 12.4. The molecule has 3 aromatic rings. The highest BCUT2D eigenvalue weighted by Crippen LogP contribution is 2.43. The van der Waals surface area contributed by atoms with Crippen LogP contribution in [-0.4, -0.2) is 67.1 Å². The molecular weight excluding hydrogens is 643 g/mol. The van der Waals surface area contributed by atoms with E-state index in [-0.39, 0.29) is 49.3 Å². The molecule has 3 unspecified atom stereocenters. The molecule has 1 saturated heterocycles. The Morgan fingerprint density at radius 3 is 2.34 bits per heavy atom. The average Bonchev–Trinajstić information content (AvgIpc) is 3.88. The molecule has 2 aliphatic rings. The average molecular weight is 686 g/mol. The molecule has 3 N–H and O–H groups in total. The van der Waals surface area contributed by atoms with Gasteiger partial charge in [-0.1, -0.05) is 41.4 Å². The van der Waals surface area contributed by atoms with Gasteiger partial charge in [-0.25, -0.2) is 4.79 Å². The van der Waals surface area contributed by atoms with E-state index in [1.165, 1.54) is 4.90 Å². The maximum absolute atomic E-state index is 14.0. The van der Waals surface area contributed by atoms with Gasteiger partial charge in [0.15, 0.2) is 5.75 Å². The number of hydrogen-bond acceptors (Lipinski definition) is 6. The summed E-state index contributed by atoms with van der Waals surface area (Å²) >= 11 is 12.5. The molecule has 1 aliphatic heterocycles. The van der Waals surface area contributed by atoms with Gasteiger partial charge in [-0.05, 0) is 110 Å². The van der Waals surface area contributed by atoms with Crippen molar-refractivity contribution in [3.05, 3.63) is 86.9 Å². The number of carbonyl (C=O) groups is 2. The molecular formula is C36H42Cl2N2O7. The lowest BCUT2D eigenvalue weighted by Crippen LogP contribution is -2.49. The summed E-state index contributed by atoms with van der Waals surface area (Å²) in [5.74, 6) is 0.550. The second kappa shape index (κ2) is 16.0. The summed E-state index contributed by atoms with van der Waals surface area (Å²) < 4.78 is 16.8. The van der Waals surface area contributed by atoms with E-state index in [9.17, 15) is 19.8 Å². The number of nitrogens with one attached hydrogen (secondary N) is 1. The van der Waals surface area contributed by atoms with Crippen LogP contribution in [0.15, 0.2) is 54.6 Å². The fourth-order valence-corrected chi connectivity index (χ4v) is 7.04. The zero-order valence-corrected chi connectivity index (χ0v) is 28.2. The zero-order chi connectivity index (χ0) is 33.5. The molecule has 3 atom stereocenters. The standard InChI is InChI=1S/C36H42Cl2N2O7/c1-22-16-31(37)34(32(38)17-22)47-15-14-46-28-9-7-24(8-10-28)29-11-12-40(36(43)44)21-30(29)35(42)39-33(25-5-6-25)26-18-23(4-3-13-45-2)19-27(41)20-26/h7-10,16-20,25,29-30,33,41H,3-6,11-15,21H2,1-2H3,(H,39,42)(H,43,44). The first kappa shape index (κ1) is 34.7. The zero-order valence-electron chi connectivity index (χ0n) is 26.7. The van der Waals surface area contributed by atoms with Gasteiger partial charge < -0.3 is 34.6 Å². The Morgan fingerprint density at radius 2 is 1.68 bits per heavy atom. The topological polar surface area (TPSA) is 118 Å². The molecule has 1 heterocycles. The van der Waals surface area contributed by atoms with Gasteiger partial charge in [-0.3, -0.25) is 4.79 Å². The third kappa shape index (κ3) is 9.24. The van der Waals surface area contributed by atoms with Crippen molar-refractivity contribution in [1.82, 2.24) is 10.2 Å². The van der Waals surface area contributed by atoms with Gasteiger partial charge in [0.2, 0.25) is 5.91 Å². The SMILES string of the molecule is COCCCc1cc(O)cc(C(NC(=O)C2CN(C(=O)O)CCC2c2ccc(OCCOc3c(Cl)cc(C)cc3Cl)cc2)C2CC2)c1. The number of phenols is 1. The van der Waals surface area contributed by atoms with Crippen LogP contribution in [0.2, 0.25) is 10.0 Å². The van der Waals surface area contributed by atoms with Gasteiger partial charge in [0.1, 0.15) is 24.7 Å². The number of carboxylic acid groups (broad SMARTS) is 1. The molecule has 0 radical (unpaired) electrons. The summed E-state index contributed by atoms with van der Waals surface area (Å²) in [6, 6.07) is 16.4. The number of aromatic hydroxyl groups is 1. The molecule has 0 spiro atoms. The number of ether oxygens (including phenoxy) is 3. The Labute approximate surface area is 285 Å². The lowest BCUT2D eigenvalue weighted by Gasteiger charge is -2.37. The van der Waals surface area contributed by atoms with Crippen LogP contribution in [0, 0.1) is 18.8 Å². The molecule has 0 aromatic heterocycles. The largest absolute Gasteiger partial charge is 0.508 e. The Bertz CT molecular complexity index is 1520. The number of phenolic OH excluding ortho intramolecular Hbond substituents is 1. The van der Waals surface area contributed by atoms with E-state index in [4.69, 9.17) is 37.4 Å². The minimum atomic E-state index is -1.03. The molecule has 1 aliphatic carbocycles. The quantitative estimate of drug-likeness (QED) is 0.152. The normalized spacial score (nSPS) is 18.4. The Hall–Kier alpha value is -3.66. The first-order valence-electron chi connectivity index (χ1n) is 16.0. The lowest BCUT2D eigenvalue weighted by atomic mass is 9.79. The Balaban J connectivity index is 1.25. The molecule has 0 bridgehead atoms. The number of hydrogen-bond donors (Lipinski definition) is 3. The highest BCUT2D eigenvalue weighted by molar-refractivity contribution is 6.37. The van der Waals surface area contributed by atoms with Gasteiger partial charge in [-0.2, -0.15) is 0 Å². The molecule has 9 nitrogen and oxygen atoms in total. The van der Waals surface area contributed by atoms with E-state index in [1.54, 1.807) is 31.4 Å². The third-order valence-electron chi connectivity index (χ3n) is 8.83. The van der Waals surface area contributed by atoms with Gasteiger partial charge in [-0.15, -0.1) is 0 Å². The van der Waals surface area contributed by atoms with Crippen molar-refractivity contribution >= 4 is 35.2 Å². The minimum absolute atomic E-state index is 0.102. The summed E-state index contributed by atoms with van der Waals surface area (Å²) in [5.41, 5.74) is 3.74.